The molecule has 0 radical (unpaired) electrons. The third-order valence-corrected chi connectivity index (χ3v) is 3.38. The zero-order chi connectivity index (χ0) is 14.4. The molecule has 0 saturated heterocycles. The molecule has 0 aromatic heterocycles. The highest BCUT2D eigenvalue weighted by atomic mass is 35.5. The van der Waals surface area contributed by atoms with Crippen molar-refractivity contribution in [2.75, 3.05) is 6.54 Å². The fraction of sp³-hybridized carbons (Fsp3) is 0.294. The molecule has 0 aliphatic carbocycles. The smallest absolute Gasteiger partial charge is 0.132 e. The zero-order valence-electron chi connectivity index (χ0n) is 11.9. The second kappa shape index (κ2) is 7.32. The van der Waals surface area contributed by atoms with Crippen molar-refractivity contribution in [2.45, 2.75) is 26.3 Å². The van der Waals surface area contributed by atoms with Crippen LogP contribution in [0.3, 0.4) is 0 Å². The van der Waals surface area contributed by atoms with Gasteiger partial charge in [-0.25, -0.2) is 0 Å². The van der Waals surface area contributed by atoms with E-state index < -0.39 is 0 Å². The largest absolute Gasteiger partial charge is 0.457 e. The molecule has 0 aliphatic rings. The van der Waals surface area contributed by atoms with Gasteiger partial charge in [-0.2, -0.15) is 0 Å². The Balaban J connectivity index is 2.17. The van der Waals surface area contributed by atoms with E-state index in [9.17, 15) is 0 Å². The number of benzene rings is 2. The van der Waals surface area contributed by atoms with Crippen molar-refractivity contribution in [3.8, 4) is 11.5 Å². The van der Waals surface area contributed by atoms with Crippen LogP contribution >= 0.6 is 11.6 Å². The van der Waals surface area contributed by atoms with Crippen molar-refractivity contribution in [1.29, 1.82) is 0 Å². The molecule has 3 heteroatoms. The number of halogens is 1. The molecular formula is C17H20ClNO. The summed E-state index contributed by atoms with van der Waals surface area (Å²) in [6.45, 7) is 5.31. The standard InChI is InChI=1S/C17H20ClNO/c1-3-12-19-13(2)16-6-4-5-7-17(16)20-15-10-8-14(18)9-11-15/h4-11,13,19H,3,12H2,1-2H3. The number of ether oxygens (including phenoxy) is 1. The van der Waals surface area contributed by atoms with Crippen molar-refractivity contribution < 1.29 is 4.74 Å². The minimum atomic E-state index is 0.262. The van der Waals surface area contributed by atoms with Crippen molar-refractivity contribution in [3.63, 3.8) is 0 Å². The Kier molecular flexibility index (Phi) is 5.45. The van der Waals surface area contributed by atoms with E-state index in [0.717, 1.165) is 30.0 Å². The predicted octanol–water partition coefficient (Wildman–Crippen LogP) is 5.19. The summed E-state index contributed by atoms with van der Waals surface area (Å²) in [5.41, 5.74) is 1.16. The van der Waals surface area contributed by atoms with Crippen LogP contribution in [0.2, 0.25) is 5.02 Å². The van der Waals surface area contributed by atoms with Crippen LogP contribution in [0.1, 0.15) is 31.9 Å². The Morgan fingerprint density at radius 3 is 2.50 bits per heavy atom. The van der Waals surface area contributed by atoms with E-state index in [2.05, 4.69) is 25.2 Å². The lowest BCUT2D eigenvalue weighted by Gasteiger charge is -2.18. The van der Waals surface area contributed by atoms with Gasteiger partial charge < -0.3 is 10.1 Å². The molecule has 2 aromatic rings. The Morgan fingerprint density at radius 2 is 1.80 bits per heavy atom. The van der Waals surface area contributed by atoms with Gasteiger partial charge in [-0.1, -0.05) is 36.7 Å². The summed E-state index contributed by atoms with van der Waals surface area (Å²) in [4.78, 5) is 0. The van der Waals surface area contributed by atoms with Gasteiger partial charge in [0.1, 0.15) is 11.5 Å². The monoisotopic (exact) mass is 289 g/mol. The zero-order valence-corrected chi connectivity index (χ0v) is 12.7. The van der Waals surface area contributed by atoms with Crippen molar-refractivity contribution in [1.82, 2.24) is 5.32 Å². The lowest BCUT2D eigenvalue weighted by molar-refractivity contribution is 0.461. The molecule has 1 unspecified atom stereocenters. The molecule has 20 heavy (non-hydrogen) atoms. The third kappa shape index (κ3) is 3.99. The third-order valence-electron chi connectivity index (χ3n) is 3.13. The number of hydrogen-bond donors (Lipinski definition) is 1. The Bertz CT molecular complexity index is 539. The van der Waals surface area contributed by atoms with Crippen LogP contribution < -0.4 is 10.1 Å². The van der Waals surface area contributed by atoms with Gasteiger partial charge in [0.05, 0.1) is 0 Å². The van der Waals surface area contributed by atoms with Gasteiger partial charge in [-0.3, -0.25) is 0 Å². The van der Waals surface area contributed by atoms with Crippen molar-refractivity contribution in [3.05, 3.63) is 59.1 Å². The normalized spacial score (nSPS) is 12.2. The molecule has 1 N–H and O–H groups in total. The van der Waals surface area contributed by atoms with Gasteiger partial charge in [0, 0.05) is 16.6 Å². The second-order valence-electron chi connectivity index (χ2n) is 4.77. The Morgan fingerprint density at radius 1 is 1.10 bits per heavy atom. The van der Waals surface area contributed by atoms with Crippen LogP contribution in [-0.2, 0) is 0 Å². The highest BCUT2D eigenvalue weighted by molar-refractivity contribution is 6.30. The highest BCUT2D eigenvalue weighted by Gasteiger charge is 2.11. The Hall–Kier alpha value is -1.51. The molecule has 0 aliphatic heterocycles. The lowest BCUT2D eigenvalue weighted by Crippen LogP contribution is -2.19. The molecule has 2 nitrogen and oxygen atoms in total. The van der Waals surface area contributed by atoms with Gasteiger partial charge in [0.2, 0.25) is 0 Å². The summed E-state index contributed by atoms with van der Waals surface area (Å²) in [6.07, 6.45) is 1.12. The van der Waals surface area contributed by atoms with Crippen molar-refractivity contribution >= 4 is 11.6 Å². The van der Waals surface area contributed by atoms with E-state index in [-0.39, 0.29) is 6.04 Å². The van der Waals surface area contributed by atoms with Crippen molar-refractivity contribution in [2.24, 2.45) is 0 Å². The summed E-state index contributed by atoms with van der Waals surface area (Å²) in [7, 11) is 0. The molecule has 0 fully saturated rings. The van der Waals surface area contributed by atoms with Crippen LogP contribution in [-0.4, -0.2) is 6.54 Å². The number of nitrogens with one attached hydrogen (secondary N) is 1. The molecule has 0 saturated carbocycles. The molecule has 0 bridgehead atoms. The summed E-state index contributed by atoms with van der Waals surface area (Å²) in [5.74, 6) is 1.68. The van der Waals surface area contributed by atoms with Crippen LogP contribution in [0, 0.1) is 0 Å². The highest BCUT2D eigenvalue weighted by Crippen LogP contribution is 2.30. The topological polar surface area (TPSA) is 21.3 Å². The van der Waals surface area contributed by atoms with Crippen LogP contribution in [0.4, 0.5) is 0 Å². The first-order valence-electron chi connectivity index (χ1n) is 6.96. The predicted molar refractivity (Wildman–Crippen MR) is 84.7 cm³/mol. The molecule has 1 atom stereocenters. The summed E-state index contributed by atoms with van der Waals surface area (Å²) >= 11 is 5.89. The van der Waals surface area contributed by atoms with Gasteiger partial charge >= 0.3 is 0 Å². The summed E-state index contributed by atoms with van der Waals surface area (Å²) < 4.78 is 5.97. The molecular weight excluding hydrogens is 270 g/mol. The maximum atomic E-state index is 5.97. The van der Waals surface area contributed by atoms with E-state index >= 15 is 0 Å². The minimum absolute atomic E-state index is 0.262. The van der Waals surface area contributed by atoms with E-state index in [0.29, 0.717) is 5.02 Å². The van der Waals surface area contributed by atoms with Crippen LogP contribution in [0.5, 0.6) is 11.5 Å². The average molecular weight is 290 g/mol. The molecule has 106 valence electrons. The first-order valence-corrected chi connectivity index (χ1v) is 7.34. The van der Waals surface area contributed by atoms with Crippen LogP contribution in [0.25, 0.3) is 0 Å². The number of hydrogen-bond acceptors (Lipinski definition) is 2. The summed E-state index contributed by atoms with van der Waals surface area (Å²) in [5, 5.41) is 4.19. The number of rotatable bonds is 6. The maximum Gasteiger partial charge on any atom is 0.132 e. The quantitative estimate of drug-likeness (QED) is 0.790. The van der Waals surface area contributed by atoms with E-state index in [1.807, 2.05) is 42.5 Å². The minimum Gasteiger partial charge on any atom is -0.457 e. The number of para-hydroxylation sites is 1. The maximum absolute atomic E-state index is 5.97. The molecule has 2 rings (SSSR count). The first-order chi connectivity index (χ1) is 9.70. The fourth-order valence-corrected chi connectivity index (χ4v) is 2.16. The SMILES string of the molecule is CCCNC(C)c1ccccc1Oc1ccc(Cl)cc1. The first kappa shape index (κ1) is 14.9. The van der Waals surface area contributed by atoms with E-state index in [1.54, 1.807) is 0 Å². The second-order valence-corrected chi connectivity index (χ2v) is 5.21. The molecule has 0 amide bonds. The average Bonchev–Trinajstić information content (AvgIpc) is 2.48. The Labute approximate surface area is 125 Å². The van der Waals surface area contributed by atoms with Gasteiger partial charge in [0.25, 0.3) is 0 Å². The molecule has 0 spiro atoms. The van der Waals surface area contributed by atoms with Gasteiger partial charge in [0.15, 0.2) is 0 Å². The van der Waals surface area contributed by atoms with E-state index in [4.69, 9.17) is 16.3 Å². The fourth-order valence-electron chi connectivity index (χ4n) is 2.03. The van der Waals surface area contributed by atoms with Crippen LogP contribution in [0.15, 0.2) is 48.5 Å². The van der Waals surface area contributed by atoms with E-state index in [1.165, 1.54) is 0 Å². The van der Waals surface area contributed by atoms with Gasteiger partial charge in [-0.05, 0) is 50.2 Å². The van der Waals surface area contributed by atoms with Gasteiger partial charge in [-0.15, -0.1) is 0 Å². The molecule has 0 heterocycles. The lowest BCUT2D eigenvalue weighted by atomic mass is 10.1. The summed E-state index contributed by atoms with van der Waals surface area (Å²) in [6, 6.07) is 15.8. The molecule has 2 aromatic carbocycles.